The third-order valence-corrected chi connectivity index (χ3v) is 31.3. The molecule has 31 aromatic rings. The van der Waals surface area contributed by atoms with Gasteiger partial charge in [0.2, 0.25) is 0 Å². The molecule has 0 fully saturated rings. The Balaban J connectivity index is 0.0000000995. The lowest BCUT2D eigenvalue weighted by molar-refractivity contribution is 0.632. The van der Waals surface area contributed by atoms with Crippen LogP contribution in [-0.4, -0.2) is 48.0 Å². The summed E-state index contributed by atoms with van der Waals surface area (Å²) >= 11 is 1.89. The molecule has 10 heterocycles. The molecule has 146 heavy (non-hydrogen) atoms. The number of fused-ring (bicyclic) bond motifs is 16. The van der Waals surface area contributed by atoms with Crippen molar-refractivity contribution in [2.75, 3.05) is 0 Å². The Kier molecular flexibility index (Phi) is 17.9. The molecule has 0 saturated carbocycles. The van der Waals surface area contributed by atoms with Crippen molar-refractivity contribution < 1.29 is 4.42 Å². The number of rotatable bonds is 10. The van der Waals surface area contributed by atoms with E-state index in [1.807, 2.05) is 47.7 Å². The molecule has 0 atom stereocenters. The summed E-state index contributed by atoms with van der Waals surface area (Å²) in [6.45, 7) is 0. The van der Waals surface area contributed by atoms with Gasteiger partial charge in [-0.3, -0.25) is 13.7 Å². The van der Waals surface area contributed by atoms with E-state index < -0.39 is 0 Å². The van der Waals surface area contributed by atoms with E-state index in [2.05, 4.69) is 455 Å². The van der Waals surface area contributed by atoms with Gasteiger partial charge in [-0.15, -0.1) is 11.3 Å². The number of benzene rings is 21. The Bertz CT molecular complexity index is 10500. The van der Waals surface area contributed by atoms with Crippen LogP contribution >= 0.6 is 11.3 Å². The summed E-state index contributed by atoms with van der Waals surface area (Å²) < 4.78 is 17.7. The molecular formula is C134H78N10OS. The molecule has 12 heteroatoms. The first kappa shape index (κ1) is 81.4. The average Bonchev–Trinajstić information content (AvgIpc) is 1.50. The molecule has 0 N–H and O–H groups in total. The fourth-order valence-electron chi connectivity index (χ4n) is 24.0. The minimum Gasteiger partial charge on any atom is -0.455 e. The van der Waals surface area contributed by atoms with Gasteiger partial charge < -0.3 is 8.82 Å². The molecule has 21 aromatic carbocycles. The van der Waals surface area contributed by atoms with Crippen molar-refractivity contribution in [3.8, 4) is 140 Å². The van der Waals surface area contributed by atoms with E-state index in [1.165, 1.54) is 141 Å². The molecule has 676 valence electrons. The van der Waals surface area contributed by atoms with Crippen molar-refractivity contribution in [2.24, 2.45) is 0 Å². The zero-order valence-electron chi connectivity index (χ0n) is 78.3. The number of hydrogen-bond acceptors (Lipinski definition) is 8. The van der Waals surface area contributed by atoms with Crippen LogP contribution in [-0.2, 0) is 0 Å². The Labute approximate surface area is 839 Å². The van der Waals surface area contributed by atoms with Crippen LogP contribution in [0, 0.1) is 0 Å². The average molecular weight is 1880 g/mol. The molecule has 0 unspecified atom stereocenters. The molecule has 2 aliphatic carbocycles. The van der Waals surface area contributed by atoms with Gasteiger partial charge in [0, 0.05) is 113 Å². The SMILES string of the molecule is c1ccc(-c2nc3ccc4ccccc4c3nc2-n2c3cccc4c3c3c5c(c(-c6ccccc6)oc5ccc32)-c2ccccc2-4)cc1.c1ccc(-c2nc3ccc4ccccc4c3nc2-n2c3cccc4c3c3c5c(c(-c6ccccc6)sc5ccc32)-c2ccccc2-4)cc1.c1ccc(-c2nc3ccccc3nc2-n2c3cccc4c5ccccc5n5c(-c6ccccc6)c(-c6ccccc6)c6ccc2c(c43)c65)cc1. The molecule has 10 aromatic heterocycles. The van der Waals surface area contributed by atoms with Gasteiger partial charge in [0.15, 0.2) is 17.5 Å². The van der Waals surface area contributed by atoms with Crippen LogP contribution in [0.2, 0.25) is 0 Å². The van der Waals surface area contributed by atoms with E-state index in [1.54, 1.807) is 0 Å². The Morgan fingerprint density at radius 2 is 0.596 bits per heavy atom. The lowest BCUT2D eigenvalue weighted by atomic mass is 9.93. The van der Waals surface area contributed by atoms with Crippen molar-refractivity contribution >= 4 is 180 Å². The van der Waals surface area contributed by atoms with E-state index in [0.717, 1.165) is 167 Å². The standard InChI is InChI=1S/C46H28N4.C44H25N3O.C44H25N3S/c1-4-15-29(16-5-1)40-34-27-28-39-42-41-33(32-21-10-13-25-37(32)50(45(34)42)44(40)31-19-8-3-9-20-31)22-14-26-38(41)49(39)46-43(30-17-6-2-7-18-30)47-35-23-11-12-24-36(35)48-46;2*1-3-13-27(14-4-1)41-44(46-42-29-17-8-7-12-26(29)22-23-33(42)45-41)47-34-21-11-20-31-30-18-9-10-19-32(30)38-40-36(25-24-35(47)39(40)37(31)34)48-43(38)28-15-5-2-6-16-28/h1-28H;2*1-25H. The topological polar surface area (TPSA) is 110 Å². The summed E-state index contributed by atoms with van der Waals surface area (Å²) in [5.41, 5.74) is 37.8. The quantitative estimate of drug-likeness (QED) is 0.125. The van der Waals surface area contributed by atoms with Gasteiger partial charge in [-0.05, 0) is 145 Å². The minimum atomic E-state index is 0.809. The summed E-state index contributed by atoms with van der Waals surface area (Å²) in [7, 11) is 0. The second-order valence-corrected chi connectivity index (χ2v) is 39.0. The van der Waals surface area contributed by atoms with Gasteiger partial charge in [-0.2, -0.15) is 0 Å². The van der Waals surface area contributed by atoms with Crippen LogP contribution in [0.25, 0.3) is 308 Å². The first-order valence-electron chi connectivity index (χ1n) is 49.6. The first-order valence-corrected chi connectivity index (χ1v) is 50.4. The third-order valence-electron chi connectivity index (χ3n) is 30.1. The summed E-state index contributed by atoms with van der Waals surface area (Å²) in [6.07, 6.45) is 0. The van der Waals surface area contributed by atoms with Crippen LogP contribution in [0.4, 0.5) is 0 Å². The summed E-state index contributed by atoms with van der Waals surface area (Å²) in [6, 6.07) is 168. The highest BCUT2D eigenvalue weighted by molar-refractivity contribution is 7.23. The summed E-state index contributed by atoms with van der Waals surface area (Å²) in [5.74, 6) is 3.37. The summed E-state index contributed by atoms with van der Waals surface area (Å²) in [5, 5.41) is 18.0. The van der Waals surface area contributed by atoms with Gasteiger partial charge in [0.1, 0.15) is 28.4 Å². The largest absolute Gasteiger partial charge is 0.455 e. The Hall–Kier alpha value is -19.4. The number of thiophene rings is 1. The second-order valence-electron chi connectivity index (χ2n) is 38.0. The van der Waals surface area contributed by atoms with E-state index in [0.29, 0.717) is 0 Å². The molecule has 0 amide bonds. The molecular weight excluding hydrogens is 1800 g/mol. The van der Waals surface area contributed by atoms with Crippen LogP contribution in [0.1, 0.15) is 0 Å². The van der Waals surface area contributed by atoms with Gasteiger partial charge in [0.05, 0.1) is 82.9 Å². The van der Waals surface area contributed by atoms with Gasteiger partial charge in [-0.1, -0.05) is 394 Å². The number of para-hydroxylation sites is 3. The zero-order chi connectivity index (χ0) is 95.5. The number of aromatic nitrogens is 10. The minimum absolute atomic E-state index is 0.809. The van der Waals surface area contributed by atoms with Crippen molar-refractivity contribution in [3.05, 3.63) is 473 Å². The molecule has 0 spiro atoms. The maximum atomic E-state index is 6.80. The second kappa shape index (κ2) is 32.1. The first-order chi connectivity index (χ1) is 72.5. The molecule has 0 saturated heterocycles. The highest BCUT2D eigenvalue weighted by Gasteiger charge is 2.36. The van der Waals surface area contributed by atoms with E-state index >= 15 is 0 Å². The van der Waals surface area contributed by atoms with Crippen LogP contribution < -0.4 is 0 Å². The third kappa shape index (κ3) is 12.0. The van der Waals surface area contributed by atoms with Crippen molar-refractivity contribution in [1.29, 1.82) is 0 Å². The van der Waals surface area contributed by atoms with Gasteiger partial charge in [-0.25, -0.2) is 29.9 Å². The van der Waals surface area contributed by atoms with Crippen molar-refractivity contribution in [1.82, 2.24) is 48.0 Å². The lowest BCUT2D eigenvalue weighted by Crippen LogP contribution is -2.04. The molecule has 0 aliphatic heterocycles. The number of furan rings is 1. The monoisotopic (exact) mass is 1870 g/mol. The Morgan fingerprint density at radius 1 is 0.205 bits per heavy atom. The van der Waals surface area contributed by atoms with Crippen LogP contribution in [0.5, 0.6) is 0 Å². The van der Waals surface area contributed by atoms with E-state index in [-0.39, 0.29) is 0 Å². The van der Waals surface area contributed by atoms with Gasteiger partial charge in [0.25, 0.3) is 0 Å². The lowest BCUT2D eigenvalue weighted by Gasteiger charge is -2.16. The van der Waals surface area contributed by atoms with E-state index in [4.69, 9.17) is 34.3 Å². The van der Waals surface area contributed by atoms with Gasteiger partial charge >= 0.3 is 0 Å². The fraction of sp³-hybridized carbons (Fsp3) is 0. The molecule has 33 rings (SSSR count). The fourth-order valence-corrected chi connectivity index (χ4v) is 25.2. The van der Waals surface area contributed by atoms with Crippen molar-refractivity contribution in [2.45, 2.75) is 0 Å². The molecule has 2 aliphatic rings. The zero-order valence-corrected chi connectivity index (χ0v) is 79.1. The highest BCUT2D eigenvalue weighted by atomic mass is 32.1. The predicted octanol–water partition coefficient (Wildman–Crippen LogP) is 35.4. The highest BCUT2D eigenvalue weighted by Crippen LogP contribution is 2.59. The summed E-state index contributed by atoms with van der Waals surface area (Å²) in [4.78, 5) is 33.8. The molecule has 0 radical (unpaired) electrons. The van der Waals surface area contributed by atoms with Crippen LogP contribution in [0.3, 0.4) is 0 Å². The maximum absolute atomic E-state index is 6.80. The number of hydrogen-bond donors (Lipinski definition) is 0. The van der Waals surface area contributed by atoms with Crippen molar-refractivity contribution in [3.63, 3.8) is 0 Å². The Morgan fingerprint density at radius 3 is 1.16 bits per heavy atom. The van der Waals surface area contributed by atoms with E-state index in [9.17, 15) is 0 Å². The van der Waals surface area contributed by atoms with Crippen LogP contribution in [0.15, 0.2) is 478 Å². The predicted molar refractivity (Wildman–Crippen MR) is 606 cm³/mol. The molecule has 0 bridgehead atoms. The molecule has 11 nitrogen and oxygen atoms in total. The smallest absolute Gasteiger partial charge is 0.165 e. The number of nitrogens with zero attached hydrogens (tertiary/aromatic N) is 10. The normalized spacial score (nSPS) is 12.1. The maximum Gasteiger partial charge on any atom is 0.165 e.